The normalized spacial score (nSPS) is 17.5. The second-order valence-corrected chi connectivity index (χ2v) is 6.67. The number of hydrogen-bond acceptors (Lipinski definition) is 3. The Labute approximate surface area is 104 Å². The van der Waals surface area contributed by atoms with Crippen LogP contribution in [0.5, 0.6) is 0 Å². The molecule has 2 rings (SSSR count). The van der Waals surface area contributed by atoms with Crippen LogP contribution in [-0.4, -0.2) is 20.5 Å². The highest BCUT2D eigenvalue weighted by molar-refractivity contribution is 4.99. The van der Waals surface area contributed by atoms with Gasteiger partial charge in [-0.2, -0.15) is 0 Å². The topological polar surface area (TPSA) is 42.7 Å². The SMILES string of the molecule is CC(C)(NCc1cn(C(C)(C)C)nn1)C1CC1. The molecule has 1 aromatic heterocycles. The highest BCUT2D eigenvalue weighted by atomic mass is 15.4. The molecule has 0 aliphatic heterocycles. The highest BCUT2D eigenvalue weighted by Crippen LogP contribution is 2.39. The minimum absolute atomic E-state index is 0.0112. The number of hydrogen-bond donors (Lipinski definition) is 1. The van der Waals surface area contributed by atoms with Crippen LogP contribution in [0.2, 0.25) is 0 Å². The van der Waals surface area contributed by atoms with Gasteiger partial charge in [-0.3, -0.25) is 0 Å². The Balaban J connectivity index is 1.93. The van der Waals surface area contributed by atoms with Crippen LogP contribution in [-0.2, 0) is 12.1 Å². The number of nitrogens with one attached hydrogen (secondary N) is 1. The van der Waals surface area contributed by atoms with Gasteiger partial charge in [0, 0.05) is 12.1 Å². The lowest BCUT2D eigenvalue weighted by Gasteiger charge is -2.25. The van der Waals surface area contributed by atoms with Crippen LogP contribution in [0, 0.1) is 5.92 Å². The van der Waals surface area contributed by atoms with E-state index in [-0.39, 0.29) is 11.1 Å². The molecular weight excluding hydrogens is 212 g/mol. The van der Waals surface area contributed by atoms with Gasteiger partial charge in [0.05, 0.1) is 17.4 Å². The third kappa shape index (κ3) is 3.06. The molecule has 1 aliphatic rings. The van der Waals surface area contributed by atoms with Crippen molar-refractivity contribution in [2.45, 2.75) is 65.1 Å². The Kier molecular flexibility index (Phi) is 3.02. The lowest BCUT2D eigenvalue weighted by atomic mass is 9.99. The van der Waals surface area contributed by atoms with Gasteiger partial charge in [0.1, 0.15) is 0 Å². The molecule has 1 fully saturated rings. The molecule has 0 radical (unpaired) electrons. The maximum absolute atomic E-state index is 4.22. The van der Waals surface area contributed by atoms with E-state index in [1.165, 1.54) is 12.8 Å². The minimum atomic E-state index is 0.0112. The summed E-state index contributed by atoms with van der Waals surface area (Å²) in [7, 11) is 0. The minimum Gasteiger partial charge on any atom is -0.306 e. The largest absolute Gasteiger partial charge is 0.306 e. The summed E-state index contributed by atoms with van der Waals surface area (Å²) in [6.45, 7) is 11.8. The molecule has 1 aromatic rings. The summed E-state index contributed by atoms with van der Waals surface area (Å²) >= 11 is 0. The Morgan fingerprint density at radius 3 is 2.41 bits per heavy atom. The fraction of sp³-hybridized carbons (Fsp3) is 0.846. The number of aromatic nitrogens is 3. The third-order valence-electron chi connectivity index (χ3n) is 3.55. The summed E-state index contributed by atoms with van der Waals surface area (Å²) in [6.07, 6.45) is 4.75. The van der Waals surface area contributed by atoms with Crippen molar-refractivity contribution >= 4 is 0 Å². The Morgan fingerprint density at radius 2 is 1.94 bits per heavy atom. The van der Waals surface area contributed by atoms with Crippen molar-refractivity contribution in [1.82, 2.24) is 20.3 Å². The first-order valence-electron chi connectivity index (χ1n) is 6.46. The number of rotatable bonds is 4. The van der Waals surface area contributed by atoms with Gasteiger partial charge in [-0.25, -0.2) is 4.68 Å². The maximum Gasteiger partial charge on any atom is 0.0965 e. The molecular formula is C13H24N4. The second-order valence-electron chi connectivity index (χ2n) is 6.67. The van der Waals surface area contributed by atoms with Crippen LogP contribution in [0.4, 0.5) is 0 Å². The Morgan fingerprint density at radius 1 is 1.29 bits per heavy atom. The van der Waals surface area contributed by atoms with Gasteiger partial charge < -0.3 is 5.32 Å². The lowest BCUT2D eigenvalue weighted by molar-refractivity contribution is 0.337. The van der Waals surface area contributed by atoms with Crippen molar-refractivity contribution in [1.29, 1.82) is 0 Å². The monoisotopic (exact) mass is 236 g/mol. The van der Waals surface area contributed by atoms with Gasteiger partial charge in [-0.1, -0.05) is 5.21 Å². The Bertz CT molecular complexity index is 382. The van der Waals surface area contributed by atoms with Gasteiger partial charge >= 0.3 is 0 Å². The predicted octanol–water partition coefficient (Wildman–Crippen LogP) is 2.31. The molecule has 0 spiro atoms. The Hall–Kier alpha value is -0.900. The first-order valence-corrected chi connectivity index (χ1v) is 6.46. The van der Waals surface area contributed by atoms with Gasteiger partial charge in [-0.05, 0) is 53.4 Å². The maximum atomic E-state index is 4.22. The van der Waals surface area contributed by atoms with E-state index >= 15 is 0 Å². The summed E-state index contributed by atoms with van der Waals surface area (Å²) in [6, 6.07) is 0. The average molecular weight is 236 g/mol. The second kappa shape index (κ2) is 4.09. The third-order valence-corrected chi connectivity index (χ3v) is 3.55. The predicted molar refractivity (Wildman–Crippen MR) is 68.7 cm³/mol. The quantitative estimate of drug-likeness (QED) is 0.872. The molecule has 1 N–H and O–H groups in total. The molecule has 0 saturated heterocycles. The molecule has 1 heterocycles. The van der Waals surface area contributed by atoms with Crippen molar-refractivity contribution < 1.29 is 0 Å². The standard InChI is InChI=1S/C13H24N4/c1-12(2,3)17-9-11(15-16-17)8-14-13(4,5)10-6-7-10/h9-10,14H,6-8H2,1-5H3. The fourth-order valence-corrected chi connectivity index (χ4v) is 1.97. The summed E-state index contributed by atoms with van der Waals surface area (Å²) in [5.74, 6) is 0.833. The van der Waals surface area contributed by atoms with Crippen molar-refractivity contribution in [2.75, 3.05) is 0 Å². The molecule has 0 bridgehead atoms. The van der Waals surface area contributed by atoms with Crippen LogP contribution in [0.3, 0.4) is 0 Å². The zero-order chi connectivity index (χ0) is 12.7. The van der Waals surface area contributed by atoms with E-state index in [1.807, 2.05) is 10.9 Å². The molecule has 0 amide bonds. The van der Waals surface area contributed by atoms with Crippen molar-refractivity contribution in [3.05, 3.63) is 11.9 Å². The zero-order valence-electron chi connectivity index (χ0n) is 11.6. The summed E-state index contributed by atoms with van der Waals surface area (Å²) in [5, 5.41) is 12.0. The van der Waals surface area contributed by atoms with E-state index in [0.717, 1.165) is 18.2 Å². The molecule has 0 unspecified atom stereocenters. The summed E-state index contributed by atoms with van der Waals surface area (Å²) < 4.78 is 1.92. The summed E-state index contributed by atoms with van der Waals surface area (Å²) in [4.78, 5) is 0. The van der Waals surface area contributed by atoms with Gasteiger partial charge in [0.2, 0.25) is 0 Å². The molecule has 96 valence electrons. The summed E-state index contributed by atoms with van der Waals surface area (Å²) in [5.41, 5.74) is 1.26. The van der Waals surface area contributed by atoms with Gasteiger partial charge in [0.15, 0.2) is 0 Å². The molecule has 0 atom stereocenters. The van der Waals surface area contributed by atoms with E-state index in [1.54, 1.807) is 0 Å². The van der Waals surface area contributed by atoms with Crippen molar-refractivity contribution in [3.8, 4) is 0 Å². The van der Waals surface area contributed by atoms with Crippen molar-refractivity contribution in [3.63, 3.8) is 0 Å². The van der Waals surface area contributed by atoms with E-state index in [2.05, 4.69) is 50.2 Å². The zero-order valence-corrected chi connectivity index (χ0v) is 11.6. The van der Waals surface area contributed by atoms with E-state index in [9.17, 15) is 0 Å². The number of nitrogens with zero attached hydrogens (tertiary/aromatic N) is 3. The van der Waals surface area contributed by atoms with Gasteiger partial charge in [0.25, 0.3) is 0 Å². The van der Waals surface area contributed by atoms with Crippen LogP contribution < -0.4 is 5.32 Å². The van der Waals surface area contributed by atoms with Crippen LogP contribution in [0.25, 0.3) is 0 Å². The molecule has 4 heteroatoms. The van der Waals surface area contributed by atoms with Crippen LogP contribution in [0.1, 0.15) is 53.2 Å². The fourth-order valence-electron chi connectivity index (χ4n) is 1.97. The first-order chi connectivity index (χ1) is 7.79. The highest BCUT2D eigenvalue weighted by Gasteiger charge is 2.37. The van der Waals surface area contributed by atoms with Gasteiger partial charge in [-0.15, -0.1) is 5.10 Å². The molecule has 17 heavy (non-hydrogen) atoms. The van der Waals surface area contributed by atoms with Crippen LogP contribution >= 0.6 is 0 Å². The van der Waals surface area contributed by atoms with Crippen LogP contribution in [0.15, 0.2) is 6.20 Å². The first kappa shape index (κ1) is 12.6. The molecule has 1 saturated carbocycles. The average Bonchev–Trinajstić information content (AvgIpc) is 2.94. The van der Waals surface area contributed by atoms with E-state index in [0.29, 0.717) is 0 Å². The van der Waals surface area contributed by atoms with E-state index < -0.39 is 0 Å². The van der Waals surface area contributed by atoms with Crippen molar-refractivity contribution in [2.24, 2.45) is 5.92 Å². The molecule has 4 nitrogen and oxygen atoms in total. The lowest BCUT2D eigenvalue weighted by Crippen LogP contribution is -2.40. The molecule has 1 aliphatic carbocycles. The molecule has 0 aromatic carbocycles. The smallest absolute Gasteiger partial charge is 0.0965 e. The van der Waals surface area contributed by atoms with E-state index in [4.69, 9.17) is 0 Å².